The maximum Gasteiger partial charge on any atom is 0.223 e. The minimum Gasteiger partial charge on any atom is -0.353 e. The van der Waals surface area contributed by atoms with Crippen molar-refractivity contribution in [3.63, 3.8) is 0 Å². The molecule has 1 amide bonds. The van der Waals surface area contributed by atoms with Gasteiger partial charge < -0.3 is 11.1 Å². The number of hydrogen-bond acceptors (Lipinski definition) is 2. The quantitative estimate of drug-likeness (QED) is 0.897. The highest BCUT2D eigenvalue weighted by Crippen LogP contribution is 2.35. The van der Waals surface area contributed by atoms with Crippen molar-refractivity contribution in [3.05, 3.63) is 35.9 Å². The Kier molecular flexibility index (Phi) is 4.59. The van der Waals surface area contributed by atoms with Crippen molar-refractivity contribution in [1.82, 2.24) is 5.32 Å². The van der Waals surface area contributed by atoms with Gasteiger partial charge in [-0.05, 0) is 37.7 Å². The second-order valence-electron chi connectivity index (χ2n) is 6.69. The summed E-state index contributed by atoms with van der Waals surface area (Å²) in [7, 11) is 0. The van der Waals surface area contributed by atoms with Gasteiger partial charge in [0.2, 0.25) is 5.91 Å². The third kappa shape index (κ3) is 3.46. The van der Waals surface area contributed by atoms with Crippen molar-refractivity contribution in [3.8, 4) is 0 Å². The molecule has 3 rings (SSSR count). The third-order valence-electron chi connectivity index (χ3n) is 5.16. The number of carbonyl (C=O) groups excluding carboxylic acids is 1. The summed E-state index contributed by atoms with van der Waals surface area (Å²) in [5.74, 6) is 0.844. The van der Waals surface area contributed by atoms with Crippen LogP contribution in [0.25, 0.3) is 0 Å². The summed E-state index contributed by atoms with van der Waals surface area (Å²) < 4.78 is 0. The van der Waals surface area contributed by atoms with Gasteiger partial charge in [-0.2, -0.15) is 0 Å². The van der Waals surface area contributed by atoms with Crippen molar-refractivity contribution in [1.29, 1.82) is 0 Å². The molecule has 4 atom stereocenters. The fourth-order valence-electron chi connectivity index (χ4n) is 4.00. The zero-order valence-electron chi connectivity index (χ0n) is 12.6. The van der Waals surface area contributed by atoms with Crippen molar-refractivity contribution in [2.24, 2.45) is 11.7 Å². The maximum absolute atomic E-state index is 12.5. The molecule has 1 aromatic carbocycles. The molecule has 1 aromatic rings. The molecular weight excluding hydrogens is 260 g/mol. The van der Waals surface area contributed by atoms with Crippen LogP contribution >= 0.6 is 0 Å². The van der Waals surface area contributed by atoms with Crippen LogP contribution in [-0.4, -0.2) is 18.0 Å². The van der Waals surface area contributed by atoms with Gasteiger partial charge in [-0.25, -0.2) is 0 Å². The van der Waals surface area contributed by atoms with Crippen LogP contribution in [-0.2, 0) is 4.79 Å². The number of hydrogen-bond donors (Lipinski definition) is 2. The first-order chi connectivity index (χ1) is 10.2. The standard InChI is InChI=1S/C18H26N2O/c19-15-9-4-8-14(12-15)18(21)20-17-11-5-10-16(17)13-6-2-1-3-7-13/h1-3,6-7,14-17H,4-5,8-12,19H2,(H,20,21). The highest BCUT2D eigenvalue weighted by molar-refractivity contribution is 5.79. The lowest BCUT2D eigenvalue weighted by atomic mass is 9.85. The van der Waals surface area contributed by atoms with E-state index in [9.17, 15) is 4.79 Å². The van der Waals surface area contributed by atoms with Crippen molar-refractivity contribution in [2.75, 3.05) is 0 Å². The third-order valence-corrected chi connectivity index (χ3v) is 5.16. The van der Waals surface area contributed by atoms with Crippen molar-refractivity contribution in [2.45, 2.75) is 62.9 Å². The van der Waals surface area contributed by atoms with Crippen molar-refractivity contribution < 1.29 is 4.79 Å². The van der Waals surface area contributed by atoms with Gasteiger partial charge in [-0.15, -0.1) is 0 Å². The summed E-state index contributed by atoms with van der Waals surface area (Å²) in [6, 6.07) is 11.1. The normalized spacial score (nSPS) is 32.8. The Morgan fingerprint density at radius 1 is 1.05 bits per heavy atom. The Morgan fingerprint density at radius 3 is 2.57 bits per heavy atom. The largest absolute Gasteiger partial charge is 0.353 e. The van der Waals surface area contributed by atoms with Crippen LogP contribution in [0.5, 0.6) is 0 Å². The molecule has 0 radical (unpaired) electrons. The number of rotatable bonds is 3. The average Bonchev–Trinajstić information content (AvgIpc) is 2.96. The van der Waals surface area contributed by atoms with E-state index >= 15 is 0 Å². The molecule has 114 valence electrons. The second kappa shape index (κ2) is 6.61. The molecule has 3 heteroatoms. The molecule has 0 aromatic heterocycles. The van der Waals surface area contributed by atoms with E-state index in [1.165, 1.54) is 18.4 Å². The Morgan fingerprint density at radius 2 is 1.81 bits per heavy atom. The lowest BCUT2D eigenvalue weighted by Crippen LogP contribution is -2.43. The van der Waals surface area contributed by atoms with E-state index in [0.29, 0.717) is 12.0 Å². The second-order valence-corrected chi connectivity index (χ2v) is 6.69. The highest BCUT2D eigenvalue weighted by Gasteiger charge is 2.32. The molecule has 4 unspecified atom stereocenters. The minimum atomic E-state index is 0.130. The smallest absolute Gasteiger partial charge is 0.223 e. The van der Waals surface area contributed by atoms with E-state index < -0.39 is 0 Å². The molecule has 0 saturated heterocycles. The first kappa shape index (κ1) is 14.6. The number of nitrogens with two attached hydrogens (primary N) is 1. The average molecular weight is 286 g/mol. The SMILES string of the molecule is NC1CCCC(C(=O)NC2CCCC2c2ccccc2)C1. The van der Waals surface area contributed by atoms with E-state index in [0.717, 1.165) is 32.1 Å². The van der Waals surface area contributed by atoms with Crippen LogP contribution in [0.4, 0.5) is 0 Å². The number of amides is 1. The van der Waals surface area contributed by atoms with Gasteiger partial charge >= 0.3 is 0 Å². The fraction of sp³-hybridized carbons (Fsp3) is 0.611. The van der Waals surface area contributed by atoms with Crippen LogP contribution in [0.2, 0.25) is 0 Å². The van der Waals surface area contributed by atoms with Crippen LogP contribution in [0, 0.1) is 5.92 Å². The van der Waals surface area contributed by atoms with E-state index in [-0.39, 0.29) is 17.9 Å². The topological polar surface area (TPSA) is 55.1 Å². The molecule has 3 N–H and O–H groups in total. The number of carbonyl (C=O) groups is 1. The molecule has 0 spiro atoms. The molecule has 0 aliphatic heterocycles. The summed E-state index contributed by atoms with van der Waals surface area (Å²) in [6.45, 7) is 0. The summed E-state index contributed by atoms with van der Waals surface area (Å²) >= 11 is 0. The summed E-state index contributed by atoms with van der Waals surface area (Å²) in [4.78, 5) is 12.5. The van der Waals surface area contributed by atoms with Gasteiger partial charge in [0.15, 0.2) is 0 Å². The molecule has 2 fully saturated rings. The van der Waals surface area contributed by atoms with Gasteiger partial charge in [0, 0.05) is 23.9 Å². The lowest BCUT2D eigenvalue weighted by Gasteiger charge is -2.28. The van der Waals surface area contributed by atoms with E-state index in [1.54, 1.807) is 0 Å². The van der Waals surface area contributed by atoms with Crippen LogP contribution in [0.1, 0.15) is 56.4 Å². The first-order valence-electron chi connectivity index (χ1n) is 8.35. The Labute approximate surface area is 127 Å². The van der Waals surface area contributed by atoms with E-state index in [4.69, 9.17) is 5.73 Å². The maximum atomic E-state index is 12.5. The van der Waals surface area contributed by atoms with Gasteiger partial charge in [0.25, 0.3) is 0 Å². The lowest BCUT2D eigenvalue weighted by molar-refractivity contribution is -0.126. The summed E-state index contributed by atoms with van der Waals surface area (Å²) in [6.07, 6.45) is 7.50. The Balaban J connectivity index is 1.62. The first-order valence-corrected chi connectivity index (χ1v) is 8.35. The van der Waals surface area contributed by atoms with Crippen LogP contribution < -0.4 is 11.1 Å². The zero-order valence-corrected chi connectivity index (χ0v) is 12.6. The van der Waals surface area contributed by atoms with E-state index in [1.807, 2.05) is 0 Å². The predicted octanol–water partition coefficient (Wildman–Crippen LogP) is 2.96. The molecule has 0 bridgehead atoms. The molecular formula is C18H26N2O. The van der Waals surface area contributed by atoms with Gasteiger partial charge in [-0.1, -0.05) is 43.2 Å². The number of benzene rings is 1. The molecule has 2 aliphatic carbocycles. The van der Waals surface area contributed by atoms with Gasteiger partial charge in [-0.3, -0.25) is 4.79 Å². The molecule has 0 heterocycles. The molecule has 21 heavy (non-hydrogen) atoms. The highest BCUT2D eigenvalue weighted by atomic mass is 16.1. The zero-order chi connectivity index (χ0) is 14.7. The predicted molar refractivity (Wildman–Crippen MR) is 84.9 cm³/mol. The number of nitrogens with one attached hydrogen (secondary N) is 1. The van der Waals surface area contributed by atoms with Crippen LogP contribution in [0.3, 0.4) is 0 Å². The minimum absolute atomic E-state index is 0.130. The summed E-state index contributed by atoms with van der Waals surface area (Å²) in [5.41, 5.74) is 7.37. The van der Waals surface area contributed by atoms with Crippen LogP contribution in [0.15, 0.2) is 30.3 Å². The monoisotopic (exact) mass is 286 g/mol. The Bertz CT molecular complexity index is 473. The van der Waals surface area contributed by atoms with Gasteiger partial charge in [0.1, 0.15) is 0 Å². The molecule has 3 nitrogen and oxygen atoms in total. The van der Waals surface area contributed by atoms with E-state index in [2.05, 4.69) is 35.6 Å². The fourth-order valence-corrected chi connectivity index (χ4v) is 4.00. The van der Waals surface area contributed by atoms with Crippen molar-refractivity contribution >= 4 is 5.91 Å². The Hall–Kier alpha value is -1.35. The summed E-state index contributed by atoms with van der Waals surface area (Å²) in [5, 5.41) is 3.32. The molecule has 2 aliphatic rings. The molecule has 2 saturated carbocycles. The van der Waals surface area contributed by atoms with Gasteiger partial charge in [0.05, 0.1) is 0 Å².